The summed E-state index contributed by atoms with van der Waals surface area (Å²) in [6.07, 6.45) is 0.0747. The van der Waals surface area contributed by atoms with Gasteiger partial charge in [-0.2, -0.15) is 0 Å². The van der Waals surface area contributed by atoms with Crippen molar-refractivity contribution < 1.29 is 19.4 Å². The van der Waals surface area contributed by atoms with E-state index in [1.54, 1.807) is 31.4 Å². The van der Waals surface area contributed by atoms with Crippen molar-refractivity contribution in [2.75, 3.05) is 12.5 Å². The molecule has 7 heteroatoms. The molecule has 22 heavy (non-hydrogen) atoms. The third-order valence-corrected chi connectivity index (χ3v) is 3.15. The first kappa shape index (κ1) is 15.4. The number of primary amides is 1. The molecule has 2 rings (SSSR count). The number of benzene rings is 1. The fourth-order valence-electron chi connectivity index (χ4n) is 2.13. The average Bonchev–Trinajstić information content (AvgIpc) is 2.87. The van der Waals surface area contributed by atoms with Gasteiger partial charge in [-0.1, -0.05) is 0 Å². The summed E-state index contributed by atoms with van der Waals surface area (Å²) >= 11 is 0. The van der Waals surface area contributed by atoms with E-state index in [0.29, 0.717) is 17.1 Å². The SMILES string of the molecule is COc1ccc(-c2ccc(CCC(=O)[O-])n2NC(N)=O)cc1. The van der Waals surface area contributed by atoms with Gasteiger partial charge >= 0.3 is 6.03 Å². The summed E-state index contributed by atoms with van der Waals surface area (Å²) < 4.78 is 6.58. The third-order valence-electron chi connectivity index (χ3n) is 3.15. The number of carboxylic acid groups (broad SMARTS) is 1. The summed E-state index contributed by atoms with van der Waals surface area (Å²) in [5.74, 6) is -0.445. The van der Waals surface area contributed by atoms with Crippen LogP contribution in [0.5, 0.6) is 5.75 Å². The fourth-order valence-corrected chi connectivity index (χ4v) is 2.13. The first-order chi connectivity index (χ1) is 10.5. The number of ether oxygens (including phenoxy) is 1. The Hall–Kier alpha value is -2.96. The second kappa shape index (κ2) is 6.66. The van der Waals surface area contributed by atoms with Crippen molar-refractivity contribution in [1.29, 1.82) is 0 Å². The molecule has 0 spiro atoms. The van der Waals surface area contributed by atoms with Gasteiger partial charge in [0, 0.05) is 17.2 Å². The van der Waals surface area contributed by atoms with Gasteiger partial charge in [-0.05, 0) is 49.2 Å². The summed E-state index contributed by atoms with van der Waals surface area (Å²) in [4.78, 5) is 21.8. The Morgan fingerprint density at radius 3 is 2.45 bits per heavy atom. The highest BCUT2D eigenvalue weighted by Crippen LogP contribution is 2.24. The molecule has 3 N–H and O–H groups in total. The second-order valence-corrected chi connectivity index (χ2v) is 4.62. The largest absolute Gasteiger partial charge is 0.550 e. The van der Waals surface area contributed by atoms with Gasteiger partial charge in [0.25, 0.3) is 0 Å². The maximum atomic E-state index is 11.2. The van der Waals surface area contributed by atoms with Crippen LogP contribution in [0.1, 0.15) is 12.1 Å². The van der Waals surface area contributed by atoms with Crippen LogP contribution in [0.4, 0.5) is 4.79 Å². The van der Waals surface area contributed by atoms with Crippen molar-refractivity contribution in [3.63, 3.8) is 0 Å². The van der Waals surface area contributed by atoms with Gasteiger partial charge in [0.1, 0.15) is 5.75 Å². The van der Waals surface area contributed by atoms with Gasteiger partial charge in [0.05, 0.1) is 12.8 Å². The molecule has 0 saturated carbocycles. The van der Waals surface area contributed by atoms with Crippen molar-refractivity contribution in [1.82, 2.24) is 4.68 Å². The quantitative estimate of drug-likeness (QED) is 0.808. The molecule has 0 radical (unpaired) electrons. The summed E-state index contributed by atoms with van der Waals surface area (Å²) in [6.45, 7) is 0. The lowest BCUT2D eigenvalue weighted by Gasteiger charge is -2.14. The molecule has 116 valence electrons. The van der Waals surface area contributed by atoms with Crippen LogP contribution >= 0.6 is 0 Å². The van der Waals surface area contributed by atoms with Gasteiger partial charge < -0.3 is 20.4 Å². The van der Waals surface area contributed by atoms with Crippen LogP contribution < -0.4 is 21.0 Å². The van der Waals surface area contributed by atoms with Gasteiger partial charge in [-0.25, -0.2) is 10.2 Å². The van der Waals surface area contributed by atoms with E-state index in [9.17, 15) is 14.7 Å². The van der Waals surface area contributed by atoms with E-state index < -0.39 is 12.0 Å². The molecule has 0 aliphatic rings. The minimum atomic E-state index is -1.15. The molecule has 0 bridgehead atoms. The number of amides is 2. The highest BCUT2D eigenvalue weighted by atomic mass is 16.5. The number of aryl methyl sites for hydroxylation is 1. The van der Waals surface area contributed by atoms with Crippen LogP contribution in [0.15, 0.2) is 36.4 Å². The molecular formula is C15H16N3O4-. The third kappa shape index (κ3) is 3.57. The van der Waals surface area contributed by atoms with E-state index in [0.717, 1.165) is 5.56 Å². The van der Waals surface area contributed by atoms with Crippen molar-refractivity contribution in [2.45, 2.75) is 12.8 Å². The number of aliphatic carboxylic acids is 1. The lowest BCUT2D eigenvalue weighted by Crippen LogP contribution is -2.30. The number of hydrogen-bond acceptors (Lipinski definition) is 4. The number of nitrogens with two attached hydrogens (primary N) is 1. The van der Waals surface area contributed by atoms with Crippen molar-refractivity contribution in [2.24, 2.45) is 5.73 Å². The highest BCUT2D eigenvalue weighted by Gasteiger charge is 2.11. The van der Waals surface area contributed by atoms with Crippen LogP contribution in [-0.2, 0) is 11.2 Å². The number of rotatable bonds is 6. The van der Waals surface area contributed by atoms with Crippen molar-refractivity contribution in [3.8, 4) is 17.0 Å². The Morgan fingerprint density at radius 1 is 1.23 bits per heavy atom. The Morgan fingerprint density at radius 2 is 1.91 bits per heavy atom. The summed E-state index contributed by atoms with van der Waals surface area (Å²) in [5, 5.41) is 10.6. The number of nitrogens with one attached hydrogen (secondary N) is 1. The predicted molar refractivity (Wildman–Crippen MR) is 78.7 cm³/mol. The number of carboxylic acids is 1. The first-order valence-electron chi connectivity index (χ1n) is 6.62. The number of methoxy groups -OCH3 is 1. The lowest BCUT2D eigenvalue weighted by atomic mass is 10.1. The molecule has 0 fully saturated rings. The number of aromatic nitrogens is 1. The predicted octanol–water partition coefficient (Wildman–Crippen LogP) is 0.468. The number of carbonyl (C=O) groups excluding carboxylic acids is 2. The molecule has 0 atom stereocenters. The molecule has 2 aromatic rings. The van der Waals surface area contributed by atoms with Crippen LogP contribution in [0.2, 0.25) is 0 Å². The van der Waals surface area contributed by atoms with Gasteiger partial charge in [-0.15, -0.1) is 0 Å². The molecule has 0 saturated heterocycles. The van der Waals surface area contributed by atoms with Gasteiger partial charge in [-0.3, -0.25) is 4.68 Å². The number of hydrogen-bond donors (Lipinski definition) is 2. The van der Waals surface area contributed by atoms with E-state index in [1.165, 1.54) is 4.68 Å². The summed E-state index contributed by atoms with van der Waals surface area (Å²) in [7, 11) is 1.57. The Bertz CT molecular complexity index is 677. The molecule has 0 unspecified atom stereocenters. The van der Waals surface area contributed by atoms with E-state index in [-0.39, 0.29) is 12.8 Å². The van der Waals surface area contributed by atoms with Crippen LogP contribution in [-0.4, -0.2) is 23.8 Å². The van der Waals surface area contributed by atoms with E-state index in [4.69, 9.17) is 10.5 Å². The van der Waals surface area contributed by atoms with E-state index >= 15 is 0 Å². The smallest absolute Gasteiger partial charge is 0.331 e. The molecule has 0 aliphatic carbocycles. The molecular weight excluding hydrogens is 286 g/mol. The van der Waals surface area contributed by atoms with E-state index in [1.807, 2.05) is 12.1 Å². The molecule has 1 heterocycles. The summed E-state index contributed by atoms with van der Waals surface area (Å²) in [5.41, 5.74) is 9.80. The monoisotopic (exact) mass is 302 g/mol. The molecule has 1 aromatic heterocycles. The molecule has 0 aliphatic heterocycles. The Kier molecular flexibility index (Phi) is 4.67. The zero-order valence-electron chi connectivity index (χ0n) is 12.0. The van der Waals surface area contributed by atoms with Crippen LogP contribution in [0.25, 0.3) is 11.3 Å². The Labute approximate surface area is 127 Å². The second-order valence-electron chi connectivity index (χ2n) is 4.62. The van der Waals surface area contributed by atoms with Crippen molar-refractivity contribution in [3.05, 3.63) is 42.1 Å². The standard InChI is InChI=1S/C15H17N3O4/c1-22-12-6-2-10(3-7-12)13-8-4-11(5-9-14(19)20)18(13)17-15(16)21/h2-4,6-8H,5,9H2,1H3,(H,19,20)(H3,16,17,21)/p-1. The highest BCUT2D eigenvalue weighted by molar-refractivity contribution is 5.81. The van der Waals surface area contributed by atoms with Gasteiger partial charge in [0.2, 0.25) is 0 Å². The van der Waals surface area contributed by atoms with E-state index in [2.05, 4.69) is 5.43 Å². The average molecular weight is 302 g/mol. The zero-order valence-corrected chi connectivity index (χ0v) is 12.0. The number of carbonyl (C=O) groups is 2. The topological polar surface area (TPSA) is 109 Å². The number of nitrogens with zero attached hydrogens (tertiary/aromatic N) is 1. The minimum absolute atomic E-state index is 0.146. The maximum Gasteiger partial charge on any atom is 0.331 e. The fraction of sp³-hybridized carbons (Fsp3) is 0.200. The summed E-state index contributed by atoms with van der Waals surface area (Å²) in [6, 6.07) is 10.0. The van der Waals surface area contributed by atoms with Crippen LogP contribution in [0.3, 0.4) is 0 Å². The maximum absolute atomic E-state index is 11.2. The van der Waals surface area contributed by atoms with Crippen molar-refractivity contribution >= 4 is 12.0 Å². The lowest BCUT2D eigenvalue weighted by molar-refractivity contribution is -0.305. The molecule has 2 amide bonds. The zero-order chi connectivity index (χ0) is 16.1. The first-order valence-corrected chi connectivity index (χ1v) is 6.62. The number of urea groups is 1. The minimum Gasteiger partial charge on any atom is -0.550 e. The van der Waals surface area contributed by atoms with Crippen LogP contribution in [0, 0.1) is 0 Å². The Balaban J connectivity index is 2.36. The molecule has 7 nitrogen and oxygen atoms in total. The normalized spacial score (nSPS) is 10.2. The molecule has 1 aromatic carbocycles. The van der Waals surface area contributed by atoms with Gasteiger partial charge in [0.15, 0.2) is 0 Å².